The fourth-order valence-corrected chi connectivity index (χ4v) is 3.33. The smallest absolute Gasteiger partial charge is 0.242 e. The normalized spacial score (nSPS) is 15.3. The predicted octanol–water partition coefficient (Wildman–Crippen LogP) is 1.16. The number of pyridine rings is 1. The average molecular weight is 306 g/mol. The van der Waals surface area contributed by atoms with Crippen molar-refractivity contribution in [1.82, 2.24) is 14.3 Å². The van der Waals surface area contributed by atoms with Crippen LogP contribution in [0.5, 0.6) is 0 Å². The van der Waals surface area contributed by atoms with Crippen molar-refractivity contribution in [2.75, 3.05) is 0 Å². The molecule has 0 saturated heterocycles. The van der Waals surface area contributed by atoms with Crippen molar-refractivity contribution >= 4 is 10.0 Å². The third-order valence-electron chi connectivity index (χ3n) is 3.56. The summed E-state index contributed by atoms with van der Waals surface area (Å²) in [5.41, 5.74) is 7.37. The molecule has 0 aliphatic heterocycles. The van der Waals surface area contributed by atoms with Gasteiger partial charge < -0.3 is 10.3 Å². The second-order valence-electron chi connectivity index (χ2n) is 5.20. The van der Waals surface area contributed by atoms with Crippen molar-refractivity contribution in [3.63, 3.8) is 0 Å². The van der Waals surface area contributed by atoms with Crippen LogP contribution in [0.25, 0.3) is 0 Å². The summed E-state index contributed by atoms with van der Waals surface area (Å²) in [4.78, 5) is 4.24. The lowest BCUT2D eigenvalue weighted by Gasteiger charge is -2.05. The number of hydrogen-bond donors (Lipinski definition) is 2. The Morgan fingerprint density at radius 3 is 2.86 bits per heavy atom. The molecule has 21 heavy (non-hydrogen) atoms. The molecule has 112 valence electrons. The first-order chi connectivity index (χ1) is 10.1. The standard InChI is InChI=1S/C14H18N4O2S/c15-7-13-6-14(10-18(13)12-3-4-12)21(19,20)17-9-11-2-1-5-16-8-11/h1-2,5-6,8,10,12,17H,3-4,7,9,15H2. The van der Waals surface area contributed by atoms with Crippen LogP contribution in [0.3, 0.4) is 0 Å². The lowest BCUT2D eigenvalue weighted by Crippen LogP contribution is -2.22. The summed E-state index contributed by atoms with van der Waals surface area (Å²) in [5.74, 6) is 0. The molecule has 1 fully saturated rings. The zero-order valence-corrected chi connectivity index (χ0v) is 12.4. The minimum absolute atomic E-state index is 0.225. The summed E-state index contributed by atoms with van der Waals surface area (Å²) >= 11 is 0. The van der Waals surface area contributed by atoms with Crippen LogP contribution in [-0.4, -0.2) is 18.0 Å². The molecule has 0 bridgehead atoms. The highest BCUT2D eigenvalue weighted by Gasteiger charge is 2.27. The first-order valence-electron chi connectivity index (χ1n) is 6.89. The van der Waals surface area contributed by atoms with E-state index in [0.717, 1.165) is 24.1 Å². The van der Waals surface area contributed by atoms with Gasteiger partial charge in [-0.15, -0.1) is 0 Å². The van der Waals surface area contributed by atoms with Crippen molar-refractivity contribution in [3.05, 3.63) is 48.0 Å². The van der Waals surface area contributed by atoms with Crippen molar-refractivity contribution in [2.24, 2.45) is 5.73 Å². The predicted molar refractivity (Wildman–Crippen MR) is 78.9 cm³/mol. The minimum atomic E-state index is -3.53. The van der Waals surface area contributed by atoms with Crippen LogP contribution >= 0.6 is 0 Å². The van der Waals surface area contributed by atoms with E-state index in [4.69, 9.17) is 5.73 Å². The summed E-state index contributed by atoms with van der Waals surface area (Å²) in [5, 5.41) is 0. The van der Waals surface area contributed by atoms with E-state index in [1.807, 2.05) is 10.6 Å². The van der Waals surface area contributed by atoms with Crippen LogP contribution in [0.2, 0.25) is 0 Å². The molecule has 0 atom stereocenters. The average Bonchev–Trinajstić information content (AvgIpc) is 3.24. The maximum atomic E-state index is 12.3. The molecule has 3 rings (SSSR count). The lowest BCUT2D eigenvalue weighted by molar-refractivity contribution is 0.580. The Balaban J connectivity index is 1.78. The maximum Gasteiger partial charge on any atom is 0.242 e. The van der Waals surface area contributed by atoms with E-state index in [-0.39, 0.29) is 11.4 Å². The zero-order valence-electron chi connectivity index (χ0n) is 11.6. The molecule has 1 aliphatic carbocycles. The molecular formula is C14H18N4O2S. The van der Waals surface area contributed by atoms with E-state index in [1.165, 1.54) is 0 Å². The number of nitrogens with two attached hydrogens (primary N) is 1. The second kappa shape index (κ2) is 5.59. The van der Waals surface area contributed by atoms with Gasteiger partial charge in [0.1, 0.15) is 0 Å². The number of nitrogens with zero attached hydrogens (tertiary/aromatic N) is 2. The third kappa shape index (κ3) is 3.15. The summed E-state index contributed by atoms with van der Waals surface area (Å²) in [6.07, 6.45) is 7.16. The Bertz CT molecular complexity index is 721. The molecule has 0 amide bonds. The first-order valence-corrected chi connectivity index (χ1v) is 8.38. The topological polar surface area (TPSA) is 90.0 Å². The molecule has 1 saturated carbocycles. The van der Waals surface area contributed by atoms with Gasteiger partial charge in [-0.2, -0.15) is 0 Å². The monoisotopic (exact) mass is 306 g/mol. The lowest BCUT2D eigenvalue weighted by atomic mass is 10.3. The largest absolute Gasteiger partial charge is 0.346 e. The SMILES string of the molecule is NCc1cc(S(=O)(=O)NCc2cccnc2)cn1C1CC1. The Hall–Kier alpha value is -1.70. The van der Waals surface area contributed by atoms with E-state index < -0.39 is 10.0 Å². The molecule has 2 aromatic rings. The van der Waals surface area contributed by atoms with Gasteiger partial charge in [-0.3, -0.25) is 4.98 Å². The molecule has 2 heterocycles. The highest BCUT2D eigenvalue weighted by molar-refractivity contribution is 7.89. The summed E-state index contributed by atoms with van der Waals surface area (Å²) in [6.45, 7) is 0.567. The van der Waals surface area contributed by atoms with Crippen LogP contribution in [0, 0.1) is 0 Å². The molecule has 0 aromatic carbocycles. The number of rotatable bonds is 6. The first kappa shape index (κ1) is 14.2. The van der Waals surface area contributed by atoms with Gasteiger partial charge in [-0.05, 0) is 30.5 Å². The van der Waals surface area contributed by atoms with E-state index in [2.05, 4.69) is 9.71 Å². The van der Waals surface area contributed by atoms with Crippen molar-refractivity contribution in [2.45, 2.75) is 36.9 Å². The van der Waals surface area contributed by atoms with E-state index in [0.29, 0.717) is 12.6 Å². The van der Waals surface area contributed by atoms with Crippen LogP contribution < -0.4 is 10.5 Å². The van der Waals surface area contributed by atoms with Gasteiger partial charge in [0.2, 0.25) is 10.0 Å². The van der Waals surface area contributed by atoms with Gasteiger partial charge in [-0.1, -0.05) is 6.07 Å². The zero-order chi connectivity index (χ0) is 14.9. The van der Waals surface area contributed by atoms with Gasteiger partial charge in [0.05, 0.1) is 4.90 Å². The molecule has 1 aliphatic rings. The minimum Gasteiger partial charge on any atom is -0.346 e. The van der Waals surface area contributed by atoms with E-state index in [1.54, 1.807) is 30.7 Å². The molecule has 7 heteroatoms. The Kier molecular flexibility index (Phi) is 3.79. The second-order valence-corrected chi connectivity index (χ2v) is 6.96. The number of aromatic nitrogens is 2. The van der Waals surface area contributed by atoms with E-state index in [9.17, 15) is 8.42 Å². The van der Waals surface area contributed by atoms with Gasteiger partial charge in [-0.25, -0.2) is 13.1 Å². The summed E-state index contributed by atoms with van der Waals surface area (Å²) in [7, 11) is -3.53. The highest BCUT2D eigenvalue weighted by Crippen LogP contribution is 2.37. The Morgan fingerprint density at radius 1 is 1.43 bits per heavy atom. The summed E-state index contributed by atoms with van der Waals surface area (Å²) < 4.78 is 29.3. The molecule has 0 spiro atoms. The van der Waals surface area contributed by atoms with Crippen molar-refractivity contribution in [3.8, 4) is 0 Å². The number of nitrogens with one attached hydrogen (secondary N) is 1. The van der Waals surface area contributed by atoms with Crippen LogP contribution in [-0.2, 0) is 23.1 Å². The van der Waals surface area contributed by atoms with E-state index >= 15 is 0 Å². The van der Waals surface area contributed by atoms with Crippen molar-refractivity contribution < 1.29 is 8.42 Å². The molecule has 0 unspecified atom stereocenters. The Morgan fingerprint density at radius 2 is 2.24 bits per heavy atom. The molecule has 0 radical (unpaired) electrons. The van der Waals surface area contributed by atoms with Gasteiger partial charge in [0.25, 0.3) is 0 Å². The molecule has 2 aromatic heterocycles. The molecule has 6 nitrogen and oxygen atoms in total. The molecule has 3 N–H and O–H groups in total. The third-order valence-corrected chi connectivity index (χ3v) is 4.92. The van der Waals surface area contributed by atoms with Crippen LogP contribution in [0.1, 0.15) is 30.1 Å². The van der Waals surface area contributed by atoms with Crippen LogP contribution in [0.15, 0.2) is 41.7 Å². The van der Waals surface area contributed by atoms with Gasteiger partial charge in [0.15, 0.2) is 0 Å². The van der Waals surface area contributed by atoms with Crippen molar-refractivity contribution in [1.29, 1.82) is 0 Å². The Labute approximate surface area is 124 Å². The maximum absolute atomic E-state index is 12.3. The highest BCUT2D eigenvalue weighted by atomic mass is 32.2. The van der Waals surface area contributed by atoms with Crippen LogP contribution in [0.4, 0.5) is 0 Å². The quantitative estimate of drug-likeness (QED) is 0.838. The fraction of sp³-hybridized carbons (Fsp3) is 0.357. The number of sulfonamides is 1. The van der Waals surface area contributed by atoms with Gasteiger partial charge >= 0.3 is 0 Å². The van der Waals surface area contributed by atoms with Gasteiger partial charge in [0, 0.05) is 43.4 Å². The fourth-order valence-electron chi connectivity index (χ4n) is 2.26. The molecular weight excluding hydrogens is 288 g/mol. The summed E-state index contributed by atoms with van der Waals surface area (Å²) in [6, 6.07) is 5.67. The number of hydrogen-bond acceptors (Lipinski definition) is 4.